The van der Waals surface area contributed by atoms with Crippen molar-refractivity contribution in [1.29, 1.82) is 0 Å². The van der Waals surface area contributed by atoms with Crippen molar-refractivity contribution in [2.24, 2.45) is 0 Å². The monoisotopic (exact) mass is 258 g/mol. The van der Waals surface area contributed by atoms with Crippen LogP contribution in [0.3, 0.4) is 0 Å². The largest absolute Gasteiger partial charge is 0.314 e. The fourth-order valence-corrected chi connectivity index (χ4v) is 2.24. The fraction of sp³-hybridized carbons (Fsp3) is 0.538. The summed E-state index contributed by atoms with van der Waals surface area (Å²) in [6.07, 6.45) is 0. The van der Waals surface area contributed by atoms with Gasteiger partial charge in [0.25, 0.3) is 0 Å². The Bertz CT molecular complexity index is 364. The number of benzene rings is 1. The summed E-state index contributed by atoms with van der Waals surface area (Å²) in [5.74, 6) is -0.0777. The Morgan fingerprint density at radius 3 is 2.53 bits per heavy atom. The zero-order chi connectivity index (χ0) is 11.5. The summed E-state index contributed by atoms with van der Waals surface area (Å²) in [6, 6.07) is 5.69. The summed E-state index contributed by atoms with van der Waals surface area (Å²) in [5.41, 5.74) is 1.79. The molecule has 1 heterocycles. The van der Waals surface area contributed by atoms with Gasteiger partial charge in [-0.15, -0.1) is 12.4 Å². The lowest BCUT2D eigenvalue weighted by atomic mass is 10.0. The first kappa shape index (κ1) is 14.4. The van der Waals surface area contributed by atoms with Gasteiger partial charge in [-0.2, -0.15) is 0 Å². The van der Waals surface area contributed by atoms with Crippen LogP contribution in [-0.2, 0) is 0 Å². The van der Waals surface area contributed by atoms with E-state index >= 15 is 0 Å². The third kappa shape index (κ3) is 3.41. The highest BCUT2D eigenvalue weighted by molar-refractivity contribution is 5.85. The number of rotatable bonds is 2. The van der Waals surface area contributed by atoms with Gasteiger partial charge in [0.2, 0.25) is 0 Å². The number of aryl methyl sites for hydroxylation is 1. The second kappa shape index (κ2) is 6.34. The summed E-state index contributed by atoms with van der Waals surface area (Å²) in [7, 11) is 0. The lowest BCUT2D eigenvalue weighted by Gasteiger charge is -2.33. The maximum Gasteiger partial charge on any atom is 0.128 e. The van der Waals surface area contributed by atoms with Crippen molar-refractivity contribution >= 4 is 12.4 Å². The Balaban J connectivity index is 0.00000144. The minimum absolute atomic E-state index is 0. The van der Waals surface area contributed by atoms with Crippen LogP contribution in [0, 0.1) is 12.7 Å². The molecular formula is C13H20ClFN2. The Hall–Kier alpha value is -0.640. The molecule has 1 aliphatic rings. The van der Waals surface area contributed by atoms with Crippen molar-refractivity contribution in [1.82, 2.24) is 10.2 Å². The average molecular weight is 259 g/mol. The Morgan fingerprint density at radius 2 is 1.94 bits per heavy atom. The summed E-state index contributed by atoms with van der Waals surface area (Å²) in [6.45, 7) is 7.99. The van der Waals surface area contributed by atoms with Gasteiger partial charge >= 0.3 is 0 Å². The predicted molar refractivity (Wildman–Crippen MR) is 71.2 cm³/mol. The topological polar surface area (TPSA) is 15.3 Å². The number of hydrogen-bond donors (Lipinski definition) is 1. The van der Waals surface area contributed by atoms with E-state index < -0.39 is 0 Å². The molecule has 4 heteroatoms. The molecule has 0 saturated carbocycles. The average Bonchev–Trinajstić information content (AvgIpc) is 2.29. The lowest BCUT2D eigenvalue weighted by molar-refractivity contribution is 0.182. The minimum Gasteiger partial charge on any atom is -0.314 e. The minimum atomic E-state index is -0.0777. The van der Waals surface area contributed by atoms with Gasteiger partial charge in [-0.1, -0.05) is 12.1 Å². The maximum atomic E-state index is 13.8. The molecule has 1 saturated heterocycles. The molecule has 0 bridgehead atoms. The molecule has 2 rings (SSSR count). The molecule has 0 radical (unpaired) electrons. The van der Waals surface area contributed by atoms with Crippen molar-refractivity contribution in [3.8, 4) is 0 Å². The zero-order valence-electron chi connectivity index (χ0n) is 10.4. The van der Waals surface area contributed by atoms with E-state index in [-0.39, 0.29) is 24.3 Å². The molecule has 0 aromatic heterocycles. The normalized spacial score (nSPS) is 18.5. The van der Waals surface area contributed by atoms with Gasteiger partial charge in [0.1, 0.15) is 5.82 Å². The summed E-state index contributed by atoms with van der Waals surface area (Å²) in [5, 5.41) is 3.31. The molecule has 96 valence electrons. The van der Waals surface area contributed by atoms with Crippen molar-refractivity contribution in [3.63, 3.8) is 0 Å². The maximum absolute atomic E-state index is 13.8. The molecule has 1 N–H and O–H groups in total. The molecule has 1 fully saturated rings. The van der Waals surface area contributed by atoms with E-state index in [1.54, 1.807) is 6.07 Å². The molecule has 1 aromatic carbocycles. The second-order valence-electron chi connectivity index (χ2n) is 4.49. The molecule has 1 aliphatic heterocycles. The van der Waals surface area contributed by atoms with E-state index in [4.69, 9.17) is 0 Å². The van der Waals surface area contributed by atoms with Crippen LogP contribution in [0.25, 0.3) is 0 Å². The Labute approximate surface area is 109 Å². The van der Waals surface area contributed by atoms with Gasteiger partial charge in [0, 0.05) is 37.8 Å². The molecule has 17 heavy (non-hydrogen) atoms. The number of nitrogens with zero attached hydrogens (tertiary/aromatic N) is 1. The second-order valence-corrected chi connectivity index (χ2v) is 4.49. The first-order valence-corrected chi connectivity index (χ1v) is 5.89. The molecule has 0 unspecified atom stereocenters. The molecule has 0 amide bonds. The standard InChI is InChI=1S/C13H19FN2.ClH/c1-10-3-4-12(13(14)9-10)11(2)16-7-5-15-6-8-16;/h3-4,9,11,15H,5-8H2,1-2H3;1H/t11-;/m1./s1. The Morgan fingerprint density at radius 1 is 1.29 bits per heavy atom. The van der Waals surface area contributed by atoms with Crippen LogP contribution in [0.4, 0.5) is 4.39 Å². The van der Waals surface area contributed by atoms with Crippen LogP contribution in [0.5, 0.6) is 0 Å². The van der Waals surface area contributed by atoms with E-state index in [0.717, 1.165) is 37.3 Å². The summed E-state index contributed by atoms with van der Waals surface area (Å²) < 4.78 is 13.8. The third-order valence-electron chi connectivity index (χ3n) is 3.31. The van der Waals surface area contributed by atoms with E-state index in [9.17, 15) is 4.39 Å². The number of nitrogens with one attached hydrogen (secondary N) is 1. The first-order valence-electron chi connectivity index (χ1n) is 5.89. The third-order valence-corrected chi connectivity index (χ3v) is 3.31. The zero-order valence-corrected chi connectivity index (χ0v) is 11.2. The number of hydrogen-bond acceptors (Lipinski definition) is 2. The highest BCUT2D eigenvalue weighted by atomic mass is 35.5. The van der Waals surface area contributed by atoms with Crippen LogP contribution in [0.2, 0.25) is 0 Å². The molecule has 1 atom stereocenters. The van der Waals surface area contributed by atoms with E-state index in [1.165, 1.54) is 0 Å². The van der Waals surface area contributed by atoms with Crippen molar-refractivity contribution in [3.05, 3.63) is 35.1 Å². The van der Waals surface area contributed by atoms with Crippen molar-refractivity contribution in [2.75, 3.05) is 26.2 Å². The smallest absolute Gasteiger partial charge is 0.128 e. The van der Waals surface area contributed by atoms with Crippen LogP contribution in [-0.4, -0.2) is 31.1 Å². The van der Waals surface area contributed by atoms with Crippen molar-refractivity contribution in [2.45, 2.75) is 19.9 Å². The Kier molecular flexibility index (Phi) is 5.37. The van der Waals surface area contributed by atoms with Gasteiger partial charge in [-0.05, 0) is 25.5 Å². The molecule has 2 nitrogen and oxygen atoms in total. The van der Waals surface area contributed by atoms with Gasteiger partial charge in [-0.3, -0.25) is 4.90 Å². The molecule has 0 spiro atoms. The van der Waals surface area contributed by atoms with Gasteiger partial charge < -0.3 is 5.32 Å². The number of halogens is 2. The molecule has 1 aromatic rings. The van der Waals surface area contributed by atoms with Crippen LogP contribution < -0.4 is 5.32 Å². The van der Waals surface area contributed by atoms with Gasteiger partial charge in [-0.25, -0.2) is 4.39 Å². The first-order chi connectivity index (χ1) is 7.68. The molecule has 0 aliphatic carbocycles. The lowest BCUT2D eigenvalue weighted by Crippen LogP contribution is -2.44. The fourth-order valence-electron chi connectivity index (χ4n) is 2.24. The SMILES string of the molecule is Cc1ccc([C@@H](C)N2CCNCC2)c(F)c1.Cl. The van der Waals surface area contributed by atoms with Gasteiger partial charge in [0.05, 0.1) is 0 Å². The van der Waals surface area contributed by atoms with Crippen molar-refractivity contribution < 1.29 is 4.39 Å². The van der Waals surface area contributed by atoms with E-state index in [1.807, 2.05) is 19.1 Å². The highest BCUT2D eigenvalue weighted by Crippen LogP contribution is 2.23. The molecular weight excluding hydrogens is 239 g/mol. The quantitative estimate of drug-likeness (QED) is 0.877. The highest BCUT2D eigenvalue weighted by Gasteiger charge is 2.20. The van der Waals surface area contributed by atoms with Crippen LogP contribution in [0.15, 0.2) is 18.2 Å². The van der Waals surface area contributed by atoms with Crippen LogP contribution in [0.1, 0.15) is 24.1 Å². The van der Waals surface area contributed by atoms with E-state index in [0.29, 0.717) is 0 Å². The summed E-state index contributed by atoms with van der Waals surface area (Å²) in [4.78, 5) is 2.32. The van der Waals surface area contributed by atoms with Gasteiger partial charge in [0.15, 0.2) is 0 Å². The summed E-state index contributed by atoms with van der Waals surface area (Å²) >= 11 is 0. The predicted octanol–water partition coefficient (Wildman–Crippen LogP) is 2.52. The van der Waals surface area contributed by atoms with Crippen LogP contribution >= 0.6 is 12.4 Å². The van der Waals surface area contributed by atoms with E-state index in [2.05, 4.69) is 17.1 Å². The number of piperazine rings is 1.